The van der Waals surface area contributed by atoms with E-state index in [-0.39, 0.29) is 10.7 Å². The largest absolute Gasteiger partial charge is 0.481 e. The van der Waals surface area contributed by atoms with Crippen molar-refractivity contribution in [1.82, 2.24) is 4.98 Å². The van der Waals surface area contributed by atoms with E-state index in [1.165, 1.54) is 0 Å². The van der Waals surface area contributed by atoms with Crippen molar-refractivity contribution in [2.24, 2.45) is 0 Å². The van der Waals surface area contributed by atoms with Gasteiger partial charge in [-0.1, -0.05) is 11.6 Å². The number of carbonyl (C=O) groups is 1. The highest BCUT2D eigenvalue weighted by atomic mass is 35.5. The summed E-state index contributed by atoms with van der Waals surface area (Å²) in [6, 6.07) is 0.936. The maximum atomic E-state index is 10.5. The third-order valence-corrected chi connectivity index (χ3v) is 2.45. The fourth-order valence-electron chi connectivity index (χ4n) is 1.26. The van der Waals surface area contributed by atoms with Gasteiger partial charge >= 0.3 is 5.97 Å². The van der Waals surface area contributed by atoms with E-state index in [0.29, 0.717) is 0 Å². The summed E-state index contributed by atoms with van der Waals surface area (Å²) < 4.78 is 0. The minimum Gasteiger partial charge on any atom is -0.481 e. The van der Waals surface area contributed by atoms with Gasteiger partial charge in [-0.25, -0.2) is 4.98 Å². The highest BCUT2D eigenvalue weighted by Crippen LogP contribution is 2.28. The van der Waals surface area contributed by atoms with E-state index in [1.54, 1.807) is 0 Å². The number of aromatic nitrogens is 1. The number of aliphatic carboxylic acids is 1. The number of carboxylic acids is 1. The van der Waals surface area contributed by atoms with Gasteiger partial charge in [0.1, 0.15) is 17.5 Å². The number of hydrogen-bond acceptors (Lipinski definition) is 6. The zero-order valence-corrected chi connectivity index (χ0v) is 9.61. The van der Waals surface area contributed by atoms with Crippen molar-refractivity contribution in [2.45, 2.75) is 18.6 Å². The van der Waals surface area contributed by atoms with Crippen LogP contribution < -0.4 is 0 Å². The molecule has 0 aromatic carbocycles. The molecule has 98 valence electrons. The van der Waals surface area contributed by atoms with Crippen molar-refractivity contribution in [2.75, 3.05) is 0 Å². The first-order chi connectivity index (χ1) is 8.32. The first kappa shape index (κ1) is 14.3. The molecular formula is C9H9ClN2O6. The van der Waals surface area contributed by atoms with Gasteiger partial charge < -0.3 is 15.3 Å². The quantitative estimate of drug-likeness (QED) is 0.405. The summed E-state index contributed by atoms with van der Waals surface area (Å²) in [5, 5.41) is 37.8. The molecule has 1 rings (SSSR count). The molecule has 0 radical (unpaired) electrons. The standard InChI is InChI=1S/C9H9ClN2O6/c10-9-5(1-4(3-11-9)12(17)18)8(16)6(13)2-7(14)15/h1,3,6,8,13,16H,2H2,(H,14,15). The molecule has 18 heavy (non-hydrogen) atoms. The van der Waals surface area contributed by atoms with E-state index >= 15 is 0 Å². The van der Waals surface area contributed by atoms with Crippen LogP contribution in [0.25, 0.3) is 0 Å². The van der Waals surface area contributed by atoms with Crippen LogP contribution in [0.3, 0.4) is 0 Å². The number of nitro groups is 1. The molecule has 1 aromatic heterocycles. The highest BCUT2D eigenvalue weighted by molar-refractivity contribution is 6.30. The molecule has 9 heteroatoms. The topological polar surface area (TPSA) is 134 Å². The Kier molecular flexibility index (Phi) is 4.54. The first-order valence-corrected chi connectivity index (χ1v) is 5.08. The highest BCUT2D eigenvalue weighted by Gasteiger charge is 2.25. The SMILES string of the molecule is O=C(O)CC(O)C(O)c1cc([N+](=O)[O-])cnc1Cl. The Balaban J connectivity index is 3.03. The average molecular weight is 277 g/mol. The van der Waals surface area contributed by atoms with Crippen LogP contribution >= 0.6 is 11.6 Å². The van der Waals surface area contributed by atoms with E-state index in [1.807, 2.05) is 0 Å². The van der Waals surface area contributed by atoms with Crippen LogP contribution in [-0.4, -0.2) is 37.3 Å². The molecule has 0 aliphatic heterocycles. The van der Waals surface area contributed by atoms with Crippen LogP contribution in [0.4, 0.5) is 5.69 Å². The lowest BCUT2D eigenvalue weighted by atomic mass is 10.0. The monoisotopic (exact) mass is 276 g/mol. The molecule has 3 N–H and O–H groups in total. The summed E-state index contributed by atoms with van der Waals surface area (Å²) in [6.45, 7) is 0. The lowest BCUT2D eigenvalue weighted by Gasteiger charge is -2.16. The Hall–Kier alpha value is -1.77. The van der Waals surface area contributed by atoms with Gasteiger partial charge in [-0.05, 0) is 0 Å². The zero-order chi connectivity index (χ0) is 13.9. The summed E-state index contributed by atoms with van der Waals surface area (Å²) in [7, 11) is 0. The molecule has 1 heterocycles. The van der Waals surface area contributed by atoms with Crippen molar-refractivity contribution < 1.29 is 25.0 Å². The van der Waals surface area contributed by atoms with Crippen molar-refractivity contribution >= 4 is 23.3 Å². The van der Waals surface area contributed by atoms with Crippen LogP contribution in [0.5, 0.6) is 0 Å². The third kappa shape index (κ3) is 3.36. The molecular weight excluding hydrogens is 268 g/mol. The average Bonchev–Trinajstić information content (AvgIpc) is 2.27. The zero-order valence-electron chi connectivity index (χ0n) is 8.86. The van der Waals surface area contributed by atoms with Gasteiger partial charge in [0, 0.05) is 11.6 Å². The lowest BCUT2D eigenvalue weighted by molar-refractivity contribution is -0.385. The molecule has 8 nitrogen and oxygen atoms in total. The molecule has 2 atom stereocenters. The summed E-state index contributed by atoms with van der Waals surface area (Å²) in [5.74, 6) is -1.32. The van der Waals surface area contributed by atoms with Crippen molar-refractivity contribution in [3.8, 4) is 0 Å². The second-order valence-electron chi connectivity index (χ2n) is 3.44. The van der Waals surface area contributed by atoms with Gasteiger partial charge in [-0.3, -0.25) is 14.9 Å². The van der Waals surface area contributed by atoms with Crippen LogP contribution in [0.15, 0.2) is 12.3 Å². The van der Waals surface area contributed by atoms with Crippen LogP contribution in [0, 0.1) is 10.1 Å². The van der Waals surface area contributed by atoms with E-state index in [9.17, 15) is 25.1 Å². The number of nitrogens with zero attached hydrogens (tertiary/aromatic N) is 2. The van der Waals surface area contributed by atoms with Crippen LogP contribution in [-0.2, 0) is 4.79 Å². The summed E-state index contributed by atoms with van der Waals surface area (Å²) in [4.78, 5) is 23.6. The molecule has 2 unspecified atom stereocenters. The molecule has 0 aliphatic rings. The van der Waals surface area contributed by atoms with E-state index < -0.39 is 35.2 Å². The minimum absolute atomic E-state index is 0.195. The van der Waals surface area contributed by atoms with Gasteiger partial charge in [0.2, 0.25) is 0 Å². The fraction of sp³-hybridized carbons (Fsp3) is 0.333. The van der Waals surface area contributed by atoms with E-state index in [2.05, 4.69) is 4.98 Å². The van der Waals surface area contributed by atoms with Crippen molar-refractivity contribution in [1.29, 1.82) is 0 Å². The number of carboxylic acid groups (broad SMARTS) is 1. The first-order valence-electron chi connectivity index (χ1n) is 4.70. The molecule has 1 aromatic rings. The normalized spacial score (nSPS) is 13.9. The Morgan fingerprint density at radius 1 is 1.56 bits per heavy atom. The maximum Gasteiger partial charge on any atom is 0.306 e. The lowest BCUT2D eigenvalue weighted by Crippen LogP contribution is -2.22. The van der Waals surface area contributed by atoms with Gasteiger partial charge in [-0.15, -0.1) is 0 Å². The maximum absolute atomic E-state index is 10.5. The summed E-state index contributed by atoms with van der Waals surface area (Å²) >= 11 is 5.62. The Labute approximate surface area is 106 Å². The number of pyridine rings is 1. The van der Waals surface area contributed by atoms with E-state index in [4.69, 9.17) is 16.7 Å². The molecule has 0 spiro atoms. The molecule has 0 saturated carbocycles. The summed E-state index contributed by atoms with van der Waals surface area (Å²) in [6.07, 6.45) is -3.13. The number of hydrogen-bond donors (Lipinski definition) is 3. The van der Waals surface area contributed by atoms with Gasteiger partial charge in [0.25, 0.3) is 5.69 Å². The smallest absolute Gasteiger partial charge is 0.306 e. The van der Waals surface area contributed by atoms with Crippen molar-refractivity contribution in [3.63, 3.8) is 0 Å². The predicted molar refractivity (Wildman–Crippen MR) is 59.1 cm³/mol. The Morgan fingerprint density at radius 3 is 2.67 bits per heavy atom. The number of rotatable bonds is 5. The predicted octanol–water partition coefficient (Wildman–Crippen LogP) is 0.512. The molecule has 0 fully saturated rings. The number of halogens is 1. The molecule has 0 saturated heterocycles. The molecule has 0 bridgehead atoms. The number of aliphatic hydroxyl groups is 2. The molecule has 0 amide bonds. The van der Waals surface area contributed by atoms with Crippen molar-refractivity contribution in [3.05, 3.63) is 33.1 Å². The van der Waals surface area contributed by atoms with Gasteiger partial charge in [0.15, 0.2) is 0 Å². The number of aliphatic hydroxyl groups excluding tert-OH is 2. The van der Waals surface area contributed by atoms with Crippen LogP contribution in [0.2, 0.25) is 5.15 Å². The Bertz CT molecular complexity index is 480. The Morgan fingerprint density at radius 2 is 2.17 bits per heavy atom. The van der Waals surface area contributed by atoms with Crippen LogP contribution in [0.1, 0.15) is 18.1 Å². The second-order valence-corrected chi connectivity index (χ2v) is 3.80. The van der Waals surface area contributed by atoms with E-state index in [0.717, 1.165) is 12.3 Å². The van der Waals surface area contributed by atoms with Gasteiger partial charge in [-0.2, -0.15) is 0 Å². The fourth-order valence-corrected chi connectivity index (χ4v) is 1.47. The summed E-state index contributed by atoms with van der Waals surface area (Å²) in [5.41, 5.74) is -0.615. The minimum atomic E-state index is -1.67. The third-order valence-electron chi connectivity index (χ3n) is 2.13. The second kappa shape index (κ2) is 5.71. The molecule has 0 aliphatic carbocycles. The van der Waals surface area contributed by atoms with Gasteiger partial charge in [0.05, 0.1) is 17.4 Å².